The van der Waals surface area contributed by atoms with Crippen LogP contribution in [0.15, 0.2) is 0 Å². The van der Waals surface area contributed by atoms with Crippen molar-refractivity contribution in [3.63, 3.8) is 0 Å². The molecule has 1 amide bonds. The molecule has 1 saturated carbocycles. The molecule has 78 valence electrons. The van der Waals surface area contributed by atoms with Gasteiger partial charge in [-0.15, -0.1) is 0 Å². The Labute approximate surface area is 85.7 Å². The summed E-state index contributed by atoms with van der Waals surface area (Å²) in [5, 5.41) is 8.98. The van der Waals surface area contributed by atoms with Crippen molar-refractivity contribution in [2.75, 3.05) is 13.6 Å². The van der Waals surface area contributed by atoms with Gasteiger partial charge < -0.3 is 4.90 Å². The van der Waals surface area contributed by atoms with E-state index < -0.39 is 5.41 Å². The Morgan fingerprint density at radius 3 is 2.57 bits per heavy atom. The number of unbranched alkanes of at least 4 members (excludes halogenated alkanes) is 1. The van der Waals surface area contributed by atoms with E-state index in [1.165, 1.54) is 0 Å². The smallest absolute Gasteiger partial charge is 0.242 e. The van der Waals surface area contributed by atoms with E-state index in [1.807, 2.05) is 0 Å². The summed E-state index contributed by atoms with van der Waals surface area (Å²) in [4.78, 5) is 13.6. The van der Waals surface area contributed by atoms with Gasteiger partial charge >= 0.3 is 0 Å². The molecule has 0 N–H and O–H groups in total. The largest absolute Gasteiger partial charge is 0.344 e. The topological polar surface area (TPSA) is 44.1 Å². The average Bonchev–Trinajstić information content (AvgIpc) is 2.13. The summed E-state index contributed by atoms with van der Waals surface area (Å²) in [5.74, 6) is 0.0275. The van der Waals surface area contributed by atoms with Gasteiger partial charge in [0, 0.05) is 13.6 Å². The van der Waals surface area contributed by atoms with Crippen molar-refractivity contribution in [1.29, 1.82) is 5.26 Å². The molecule has 0 saturated heterocycles. The highest BCUT2D eigenvalue weighted by atomic mass is 16.2. The van der Waals surface area contributed by atoms with Crippen LogP contribution in [0.1, 0.15) is 39.0 Å². The first kappa shape index (κ1) is 11.0. The van der Waals surface area contributed by atoms with Gasteiger partial charge in [-0.25, -0.2) is 0 Å². The van der Waals surface area contributed by atoms with Crippen LogP contribution in [0.5, 0.6) is 0 Å². The molecule has 0 atom stereocenters. The van der Waals surface area contributed by atoms with Gasteiger partial charge in [-0.1, -0.05) is 13.3 Å². The number of nitriles is 1. The molecule has 0 bridgehead atoms. The highest BCUT2D eigenvalue weighted by molar-refractivity contribution is 5.86. The number of carbonyl (C=O) groups is 1. The number of nitrogens with zero attached hydrogens (tertiary/aromatic N) is 2. The normalized spacial score (nSPS) is 18.1. The van der Waals surface area contributed by atoms with Gasteiger partial charge in [-0.3, -0.25) is 4.79 Å². The fourth-order valence-electron chi connectivity index (χ4n) is 1.77. The minimum atomic E-state index is -0.664. The molecule has 1 rings (SSSR count). The van der Waals surface area contributed by atoms with Crippen molar-refractivity contribution >= 4 is 5.91 Å². The Morgan fingerprint density at radius 2 is 2.21 bits per heavy atom. The lowest BCUT2D eigenvalue weighted by atomic mass is 9.69. The van der Waals surface area contributed by atoms with E-state index in [1.54, 1.807) is 11.9 Å². The van der Waals surface area contributed by atoms with E-state index in [0.717, 1.165) is 38.6 Å². The first-order valence-electron chi connectivity index (χ1n) is 5.33. The zero-order chi connectivity index (χ0) is 10.6. The van der Waals surface area contributed by atoms with Crippen molar-refractivity contribution in [2.24, 2.45) is 5.41 Å². The van der Waals surface area contributed by atoms with Crippen molar-refractivity contribution < 1.29 is 4.79 Å². The van der Waals surface area contributed by atoms with Gasteiger partial charge in [0.1, 0.15) is 5.41 Å². The number of rotatable bonds is 4. The van der Waals surface area contributed by atoms with Crippen LogP contribution >= 0.6 is 0 Å². The summed E-state index contributed by atoms with van der Waals surface area (Å²) in [6.45, 7) is 2.88. The molecule has 0 aromatic carbocycles. The minimum absolute atomic E-state index is 0.0275. The molecule has 1 fully saturated rings. The second-order valence-corrected chi connectivity index (χ2v) is 4.13. The Bertz CT molecular complexity index is 251. The summed E-state index contributed by atoms with van der Waals surface area (Å²) in [7, 11) is 1.80. The van der Waals surface area contributed by atoms with Gasteiger partial charge in [-0.05, 0) is 25.7 Å². The molecule has 1 aliphatic rings. The second-order valence-electron chi connectivity index (χ2n) is 4.13. The zero-order valence-electron chi connectivity index (χ0n) is 9.05. The highest BCUT2D eigenvalue weighted by Crippen LogP contribution is 2.41. The first-order valence-corrected chi connectivity index (χ1v) is 5.33. The Morgan fingerprint density at radius 1 is 1.57 bits per heavy atom. The molecule has 0 heterocycles. The minimum Gasteiger partial charge on any atom is -0.344 e. The summed E-state index contributed by atoms with van der Waals surface area (Å²) in [5.41, 5.74) is -0.664. The van der Waals surface area contributed by atoms with Crippen LogP contribution in [0, 0.1) is 16.7 Å². The van der Waals surface area contributed by atoms with Crippen LogP contribution in [-0.2, 0) is 4.79 Å². The zero-order valence-corrected chi connectivity index (χ0v) is 9.05. The summed E-state index contributed by atoms with van der Waals surface area (Å²) in [6.07, 6.45) is 4.61. The third-order valence-electron chi connectivity index (χ3n) is 3.02. The quantitative estimate of drug-likeness (QED) is 0.686. The fourth-order valence-corrected chi connectivity index (χ4v) is 1.77. The summed E-state index contributed by atoms with van der Waals surface area (Å²) < 4.78 is 0. The van der Waals surface area contributed by atoms with E-state index >= 15 is 0 Å². The van der Waals surface area contributed by atoms with Gasteiger partial charge in [0.2, 0.25) is 5.91 Å². The molecular formula is C11H18N2O. The second kappa shape index (κ2) is 4.45. The van der Waals surface area contributed by atoms with Crippen LogP contribution in [-0.4, -0.2) is 24.4 Å². The van der Waals surface area contributed by atoms with Crippen LogP contribution in [0.2, 0.25) is 0 Å². The number of hydrogen-bond acceptors (Lipinski definition) is 2. The molecule has 1 aliphatic carbocycles. The summed E-state index contributed by atoms with van der Waals surface area (Å²) in [6, 6.07) is 2.18. The van der Waals surface area contributed by atoms with E-state index in [4.69, 9.17) is 5.26 Å². The van der Waals surface area contributed by atoms with Gasteiger partial charge in [0.25, 0.3) is 0 Å². The fraction of sp³-hybridized carbons (Fsp3) is 0.818. The van der Waals surface area contributed by atoms with Crippen LogP contribution in [0.3, 0.4) is 0 Å². The van der Waals surface area contributed by atoms with Crippen molar-refractivity contribution in [3.05, 3.63) is 0 Å². The number of carbonyl (C=O) groups excluding carboxylic acids is 1. The molecular weight excluding hydrogens is 176 g/mol. The standard InChI is InChI=1S/C11H18N2O/c1-3-4-8-13(2)10(14)11(9-12)6-5-7-11/h3-8H2,1-2H3. The van der Waals surface area contributed by atoms with E-state index in [2.05, 4.69) is 13.0 Å². The maximum atomic E-state index is 11.9. The third-order valence-corrected chi connectivity index (χ3v) is 3.02. The molecule has 0 aromatic heterocycles. The van der Waals surface area contributed by atoms with E-state index in [0.29, 0.717) is 0 Å². The molecule has 3 nitrogen and oxygen atoms in total. The molecule has 14 heavy (non-hydrogen) atoms. The lowest BCUT2D eigenvalue weighted by Gasteiger charge is -2.36. The van der Waals surface area contributed by atoms with E-state index in [9.17, 15) is 4.79 Å². The third kappa shape index (κ3) is 1.89. The first-order chi connectivity index (χ1) is 6.66. The van der Waals surface area contributed by atoms with Gasteiger partial charge in [0.15, 0.2) is 0 Å². The number of amides is 1. The molecule has 0 spiro atoms. The molecule has 0 radical (unpaired) electrons. The van der Waals surface area contributed by atoms with E-state index in [-0.39, 0.29) is 5.91 Å². The van der Waals surface area contributed by atoms with Crippen molar-refractivity contribution in [3.8, 4) is 6.07 Å². The van der Waals surface area contributed by atoms with Crippen LogP contribution < -0.4 is 0 Å². The molecule has 3 heteroatoms. The Kier molecular flexibility index (Phi) is 3.51. The van der Waals surface area contributed by atoms with Crippen LogP contribution in [0.4, 0.5) is 0 Å². The Hall–Kier alpha value is -1.04. The van der Waals surface area contributed by atoms with Gasteiger partial charge in [0.05, 0.1) is 6.07 Å². The number of hydrogen-bond donors (Lipinski definition) is 0. The van der Waals surface area contributed by atoms with Gasteiger partial charge in [-0.2, -0.15) is 5.26 Å². The average molecular weight is 194 g/mol. The van der Waals surface area contributed by atoms with Crippen molar-refractivity contribution in [2.45, 2.75) is 39.0 Å². The lowest BCUT2D eigenvalue weighted by molar-refractivity contribution is -0.141. The van der Waals surface area contributed by atoms with Crippen molar-refractivity contribution in [1.82, 2.24) is 4.90 Å². The van der Waals surface area contributed by atoms with Crippen LogP contribution in [0.25, 0.3) is 0 Å². The molecule has 0 unspecified atom stereocenters. The predicted octanol–water partition coefficient (Wildman–Crippen LogP) is 1.94. The monoisotopic (exact) mass is 194 g/mol. The summed E-state index contributed by atoms with van der Waals surface area (Å²) >= 11 is 0. The molecule has 0 aliphatic heterocycles. The highest BCUT2D eigenvalue weighted by Gasteiger charge is 2.45. The maximum Gasteiger partial charge on any atom is 0.242 e. The predicted molar refractivity (Wildman–Crippen MR) is 54.4 cm³/mol. The Balaban J connectivity index is 2.51. The SMILES string of the molecule is CCCCN(C)C(=O)C1(C#N)CCC1. The maximum absolute atomic E-state index is 11.9. The lowest BCUT2D eigenvalue weighted by Crippen LogP contribution is -2.45. The molecule has 0 aromatic rings.